The van der Waals surface area contributed by atoms with E-state index in [4.69, 9.17) is 4.74 Å². The van der Waals surface area contributed by atoms with Gasteiger partial charge in [-0.15, -0.1) is 0 Å². The lowest BCUT2D eigenvalue weighted by Crippen LogP contribution is -2.39. The maximum absolute atomic E-state index is 10.8. The first-order chi connectivity index (χ1) is 11.2. The van der Waals surface area contributed by atoms with Gasteiger partial charge in [0.25, 0.3) is 0 Å². The van der Waals surface area contributed by atoms with E-state index in [1.54, 1.807) is 7.11 Å². The van der Waals surface area contributed by atoms with Crippen LogP contribution in [-0.2, 0) is 11.2 Å². The molecule has 124 valence electrons. The van der Waals surface area contributed by atoms with Gasteiger partial charge in [-0.25, -0.2) is 0 Å². The molecular formula is C20H27NO2. The lowest BCUT2D eigenvalue weighted by Gasteiger charge is -2.49. The van der Waals surface area contributed by atoms with Gasteiger partial charge in [0.05, 0.1) is 12.8 Å². The third kappa shape index (κ3) is 2.28. The molecule has 2 fully saturated rings. The summed E-state index contributed by atoms with van der Waals surface area (Å²) in [6, 6.07) is 4.34. The summed E-state index contributed by atoms with van der Waals surface area (Å²) in [4.78, 5) is 10.8. The molecule has 4 rings (SSSR count). The van der Waals surface area contributed by atoms with Crippen LogP contribution in [0.3, 0.4) is 0 Å². The number of hydrogen-bond acceptors (Lipinski definition) is 2. The van der Waals surface area contributed by atoms with Gasteiger partial charge in [0.1, 0.15) is 5.75 Å². The zero-order valence-electron chi connectivity index (χ0n) is 14.2. The van der Waals surface area contributed by atoms with Gasteiger partial charge < -0.3 is 10.1 Å². The fraction of sp³-hybridized carbons (Fsp3) is 0.650. The predicted molar refractivity (Wildman–Crippen MR) is 91.9 cm³/mol. The molecule has 23 heavy (non-hydrogen) atoms. The lowest BCUT2D eigenvalue weighted by molar-refractivity contribution is -0.105. The van der Waals surface area contributed by atoms with Crippen LogP contribution >= 0.6 is 0 Å². The van der Waals surface area contributed by atoms with Crippen LogP contribution in [0.1, 0.15) is 62.5 Å². The summed E-state index contributed by atoms with van der Waals surface area (Å²) in [5.41, 5.74) is 4.31. The van der Waals surface area contributed by atoms with Crippen LogP contribution in [0.4, 0.5) is 5.69 Å². The highest BCUT2D eigenvalue weighted by molar-refractivity contribution is 5.76. The number of ether oxygens (including phenoxy) is 1. The zero-order valence-corrected chi connectivity index (χ0v) is 14.2. The van der Waals surface area contributed by atoms with E-state index >= 15 is 0 Å². The number of benzene rings is 1. The van der Waals surface area contributed by atoms with Gasteiger partial charge in [-0.1, -0.05) is 13.3 Å². The lowest BCUT2D eigenvalue weighted by atomic mass is 9.56. The molecule has 0 radical (unpaired) electrons. The summed E-state index contributed by atoms with van der Waals surface area (Å²) in [7, 11) is 1.69. The first-order valence-electron chi connectivity index (χ1n) is 9.07. The molecule has 4 atom stereocenters. The highest BCUT2D eigenvalue weighted by Gasteiger charge is 2.50. The Morgan fingerprint density at radius 1 is 1.26 bits per heavy atom. The summed E-state index contributed by atoms with van der Waals surface area (Å²) in [6.07, 6.45) is 10.1. The van der Waals surface area contributed by atoms with Gasteiger partial charge in [-0.3, -0.25) is 4.79 Å². The van der Waals surface area contributed by atoms with E-state index in [9.17, 15) is 4.79 Å². The van der Waals surface area contributed by atoms with Crippen molar-refractivity contribution in [3.63, 3.8) is 0 Å². The third-order valence-corrected chi connectivity index (χ3v) is 7.04. The van der Waals surface area contributed by atoms with E-state index in [-0.39, 0.29) is 0 Å². The van der Waals surface area contributed by atoms with Gasteiger partial charge in [-0.2, -0.15) is 0 Å². The van der Waals surface area contributed by atoms with E-state index in [1.807, 2.05) is 0 Å². The Bertz CT molecular complexity index is 626. The van der Waals surface area contributed by atoms with Crippen LogP contribution in [-0.4, -0.2) is 13.5 Å². The molecule has 3 aliphatic rings. The summed E-state index contributed by atoms with van der Waals surface area (Å²) in [5.74, 6) is 3.25. The Hall–Kier alpha value is -1.51. The van der Waals surface area contributed by atoms with E-state index < -0.39 is 0 Å². The van der Waals surface area contributed by atoms with Crippen LogP contribution in [0.2, 0.25) is 0 Å². The fourth-order valence-corrected chi connectivity index (χ4v) is 5.94. The Morgan fingerprint density at radius 3 is 2.91 bits per heavy atom. The van der Waals surface area contributed by atoms with E-state index in [0.29, 0.717) is 11.3 Å². The van der Waals surface area contributed by atoms with Crippen LogP contribution in [0.5, 0.6) is 5.75 Å². The monoisotopic (exact) mass is 313 g/mol. The summed E-state index contributed by atoms with van der Waals surface area (Å²) >= 11 is 0. The van der Waals surface area contributed by atoms with Crippen molar-refractivity contribution in [2.75, 3.05) is 12.4 Å². The molecule has 0 aliphatic heterocycles. The van der Waals surface area contributed by atoms with Crippen LogP contribution < -0.4 is 10.1 Å². The standard InChI is InChI=1S/C20H27NO2/c1-20-8-3-4-17(20)15-6-5-13-10-18(21-12-22)19(23-2)11-16(13)14(15)7-9-20/h10-12,14-15,17H,3-9H2,1-2H3,(H,21,22)/t14-,15+,17-,20-/m0/s1. The highest BCUT2D eigenvalue weighted by atomic mass is 16.5. The van der Waals surface area contributed by atoms with Gasteiger partial charge in [0.2, 0.25) is 6.41 Å². The molecule has 0 heterocycles. The summed E-state index contributed by atoms with van der Waals surface area (Å²) < 4.78 is 5.53. The minimum Gasteiger partial charge on any atom is -0.495 e. The minimum absolute atomic E-state index is 0.599. The first-order valence-corrected chi connectivity index (χ1v) is 9.07. The Morgan fingerprint density at radius 2 is 2.13 bits per heavy atom. The molecule has 1 amide bonds. The van der Waals surface area contributed by atoms with Crippen molar-refractivity contribution >= 4 is 12.1 Å². The van der Waals surface area contributed by atoms with E-state index in [2.05, 4.69) is 24.4 Å². The number of aryl methyl sites for hydroxylation is 1. The third-order valence-electron chi connectivity index (χ3n) is 7.04. The molecule has 3 aliphatic carbocycles. The summed E-state index contributed by atoms with van der Waals surface area (Å²) in [5, 5.41) is 2.79. The van der Waals surface area contributed by atoms with Crippen molar-refractivity contribution in [3.8, 4) is 5.75 Å². The summed E-state index contributed by atoms with van der Waals surface area (Å²) in [6.45, 7) is 2.54. The first kappa shape index (κ1) is 15.0. The highest BCUT2D eigenvalue weighted by Crippen LogP contribution is 2.61. The molecule has 1 aromatic rings. The largest absolute Gasteiger partial charge is 0.495 e. The molecule has 3 heteroatoms. The molecule has 0 unspecified atom stereocenters. The molecular weight excluding hydrogens is 286 g/mol. The average Bonchev–Trinajstić information content (AvgIpc) is 2.96. The molecule has 2 saturated carbocycles. The number of amides is 1. The van der Waals surface area contributed by atoms with Crippen molar-refractivity contribution in [1.82, 2.24) is 0 Å². The second-order valence-corrected chi connectivity index (χ2v) is 8.01. The second kappa shape index (κ2) is 5.54. The molecule has 1 N–H and O–H groups in total. The van der Waals surface area contributed by atoms with Crippen LogP contribution in [0, 0.1) is 17.3 Å². The van der Waals surface area contributed by atoms with Crippen LogP contribution in [0.25, 0.3) is 0 Å². The second-order valence-electron chi connectivity index (χ2n) is 8.01. The van der Waals surface area contributed by atoms with E-state index in [0.717, 1.165) is 36.1 Å². The maximum Gasteiger partial charge on any atom is 0.211 e. The van der Waals surface area contributed by atoms with Gasteiger partial charge in [0.15, 0.2) is 0 Å². The van der Waals surface area contributed by atoms with Gasteiger partial charge in [0, 0.05) is 0 Å². The molecule has 3 nitrogen and oxygen atoms in total. The Balaban J connectivity index is 1.71. The Kier molecular flexibility index (Phi) is 3.62. The SMILES string of the molecule is COc1cc2c(cc1NC=O)CC[C@@H]1[C@@H]2CC[C@]2(C)CCC[C@@H]12. The van der Waals surface area contributed by atoms with Gasteiger partial charge in [-0.05, 0) is 85.0 Å². The number of fused-ring (bicyclic) bond motifs is 5. The number of methoxy groups -OCH3 is 1. The van der Waals surface area contributed by atoms with Crippen molar-refractivity contribution < 1.29 is 9.53 Å². The molecule has 1 aromatic carbocycles. The van der Waals surface area contributed by atoms with Crippen LogP contribution in [0.15, 0.2) is 12.1 Å². The Labute approximate surface area is 138 Å². The zero-order chi connectivity index (χ0) is 16.0. The smallest absolute Gasteiger partial charge is 0.211 e. The fourth-order valence-electron chi connectivity index (χ4n) is 5.94. The molecule has 0 saturated heterocycles. The molecule has 0 aromatic heterocycles. The van der Waals surface area contributed by atoms with Crippen molar-refractivity contribution in [2.45, 2.75) is 57.8 Å². The van der Waals surface area contributed by atoms with Crippen molar-refractivity contribution in [2.24, 2.45) is 17.3 Å². The van der Waals surface area contributed by atoms with Crippen molar-refractivity contribution in [1.29, 1.82) is 0 Å². The maximum atomic E-state index is 10.8. The molecule has 0 bridgehead atoms. The number of hydrogen-bond donors (Lipinski definition) is 1. The number of nitrogens with one attached hydrogen (secondary N) is 1. The quantitative estimate of drug-likeness (QED) is 0.834. The predicted octanol–water partition coefficient (Wildman–Crippen LogP) is 4.51. The van der Waals surface area contributed by atoms with Crippen molar-refractivity contribution in [3.05, 3.63) is 23.3 Å². The number of anilines is 1. The molecule has 0 spiro atoms. The number of carbonyl (C=O) groups excluding carboxylic acids is 1. The number of carbonyl (C=O) groups is 1. The van der Waals surface area contributed by atoms with E-state index in [1.165, 1.54) is 49.7 Å². The van der Waals surface area contributed by atoms with Gasteiger partial charge >= 0.3 is 0 Å². The average molecular weight is 313 g/mol. The topological polar surface area (TPSA) is 38.3 Å². The minimum atomic E-state index is 0.599. The normalized spacial score (nSPS) is 35.0. The number of rotatable bonds is 3.